The Bertz CT molecular complexity index is 683. The lowest BCUT2D eigenvalue weighted by Gasteiger charge is -2.14. The van der Waals surface area contributed by atoms with Crippen molar-refractivity contribution in [1.82, 2.24) is 5.32 Å². The van der Waals surface area contributed by atoms with E-state index in [9.17, 15) is 14.7 Å². The molecule has 0 aliphatic carbocycles. The van der Waals surface area contributed by atoms with Crippen LogP contribution in [0.5, 0.6) is 0 Å². The van der Waals surface area contributed by atoms with Crippen LogP contribution in [0.4, 0.5) is 5.69 Å². The van der Waals surface area contributed by atoms with Gasteiger partial charge in [-0.05, 0) is 48.4 Å². The molecule has 2 amide bonds. The number of carbonyl (C=O) groups is 2. The summed E-state index contributed by atoms with van der Waals surface area (Å²) in [4.78, 5) is 24.9. The molecule has 0 radical (unpaired) electrons. The van der Waals surface area contributed by atoms with Gasteiger partial charge in [0.1, 0.15) is 0 Å². The van der Waals surface area contributed by atoms with Gasteiger partial charge >= 0.3 is 11.8 Å². The number of thiophene rings is 1. The van der Waals surface area contributed by atoms with Crippen LogP contribution in [-0.2, 0) is 9.59 Å². The van der Waals surface area contributed by atoms with Crippen molar-refractivity contribution in [2.24, 2.45) is 5.92 Å². The van der Waals surface area contributed by atoms with Gasteiger partial charge < -0.3 is 15.7 Å². The summed E-state index contributed by atoms with van der Waals surface area (Å²) in [7, 11) is 0. The lowest BCUT2D eigenvalue weighted by molar-refractivity contribution is -0.136. The third-order valence-electron chi connectivity index (χ3n) is 3.49. The van der Waals surface area contributed by atoms with Crippen LogP contribution in [0, 0.1) is 5.92 Å². The van der Waals surface area contributed by atoms with Crippen LogP contribution in [0.1, 0.15) is 20.3 Å². The Labute approximate surface area is 145 Å². The zero-order valence-electron chi connectivity index (χ0n) is 13.8. The maximum atomic E-state index is 12.0. The number of benzene rings is 1. The van der Waals surface area contributed by atoms with E-state index in [4.69, 9.17) is 0 Å². The molecule has 0 fully saturated rings. The first-order valence-corrected chi connectivity index (χ1v) is 8.75. The van der Waals surface area contributed by atoms with Crippen molar-refractivity contribution in [3.05, 3.63) is 41.8 Å². The van der Waals surface area contributed by atoms with Crippen molar-refractivity contribution in [3.8, 4) is 10.4 Å². The second kappa shape index (κ2) is 8.61. The van der Waals surface area contributed by atoms with Gasteiger partial charge in [0.2, 0.25) is 0 Å². The van der Waals surface area contributed by atoms with Gasteiger partial charge in [0.05, 0.1) is 6.10 Å². The molecular formula is C18H22N2O3S. The Hall–Kier alpha value is -2.18. The molecule has 2 aromatic rings. The molecule has 0 aliphatic heterocycles. The smallest absolute Gasteiger partial charge is 0.313 e. The highest BCUT2D eigenvalue weighted by atomic mass is 32.1. The van der Waals surface area contributed by atoms with E-state index in [1.54, 1.807) is 24.3 Å². The first-order chi connectivity index (χ1) is 11.5. The van der Waals surface area contributed by atoms with E-state index in [-0.39, 0.29) is 5.92 Å². The standard InChI is InChI=1S/C18H22N2O3S/c1-12(9-13(2)21)11-19-17(22)18(23)20-15-6-3-5-14(10-15)16-7-4-8-24-16/h3-8,10,12-13,21H,9,11H2,1-2H3,(H,19,22)(H,20,23). The zero-order chi connectivity index (χ0) is 17.5. The van der Waals surface area contributed by atoms with E-state index in [0.717, 1.165) is 10.4 Å². The number of aliphatic hydroxyl groups is 1. The predicted molar refractivity (Wildman–Crippen MR) is 96.9 cm³/mol. The van der Waals surface area contributed by atoms with Gasteiger partial charge in [-0.1, -0.05) is 25.1 Å². The summed E-state index contributed by atoms with van der Waals surface area (Å²) in [6.45, 7) is 3.97. The van der Waals surface area contributed by atoms with Crippen LogP contribution >= 0.6 is 11.3 Å². The first-order valence-electron chi connectivity index (χ1n) is 7.87. The number of amides is 2. The molecule has 0 bridgehead atoms. The number of hydrogen-bond donors (Lipinski definition) is 3. The van der Waals surface area contributed by atoms with Crippen molar-refractivity contribution in [2.45, 2.75) is 26.4 Å². The quantitative estimate of drug-likeness (QED) is 0.704. The van der Waals surface area contributed by atoms with Gasteiger partial charge in [0.25, 0.3) is 0 Å². The summed E-state index contributed by atoms with van der Waals surface area (Å²) in [5.41, 5.74) is 1.58. The van der Waals surface area contributed by atoms with E-state index in [1.807, 2.05) is 42.6 Å². The number of carbonyl (C=O) groups excluding carboxylic acids is 2. The molecule has 6 heteroatoms. The Kier molecular flexibility index (Phi) is 6.52. The number of hydrogen-bond acceptors (Lipinski definition) is 4. The molecule has 24 heavy (non-hydrogen) atoms. The summed E-state index contributed by atoms with van der Waals surface area (Å²) in [6.07, 6.45) is 0.149. The molecule has 1 heterocycles. The van der Waals surface area contributed by atoms with Gasteiger partial charge in [0.15, 0.2) is 0 Å². The Balaban J connectivity index is 1.90. The molecule has 2 rings (SSSR count). The highest BCUT2D eigenvalue weighted by molar-refractivity contribution is 7.13. The van der Waals surface area contributed by atoms with Crippen molar-refractivity contribution in [3.63, 3.8) is 0 Å². The van der Waals surface area contributed by atoms with Gasteiger partial charge in [0, 0.05) is 17.1 Å². The second-order valence-electron chi connectivity index (χ2n) is 5.91. The van der Waals surface area contributed by atoms with Crippen LogP contribution in [0.2, 0.25) is 0 Å². The maximum absolute atomic E-state index is 12.0. The minimum Gasteiger partial charge on any atom is -0.393 e. The number of aliphatic hydroxyl groups excluding tert-OH is 1. The van der Waals surface area contributed by atoms with Crippen molar-refractivity contribution in [2.75, 3.05) is 11.9 Å². The lowest BCUT2D eigenvalue weighted by atomic mass is 10.0. The van der Waals surface area contributed by atoms with Gasteiger partial charge in [-0.15, -0.1) is 11.3 Å². The van der Waals surface area contributed by atoms with E-state index in [2.05, 4.69) is 10.6 Å². The molecule has 2 unspecified atom stereocenters. The first kappa shape index (κ1) is 18.2. The van der Waals surface area contributed by atoms with Crippen LogP contribution < -0.4 is 10.6 Å². The lowest BCUT2D eigenvalue weighted by Crippen LogP contribution is -2.38. The predicted octanol–water partition coefficient (Wildman–Crippen LogP) is 2.88. The minimum atomic E-state index is -0.692. The average Bonchev–Trinajstić information content (AvgIpc) is 3.06. The SMILES string of the molecule is CC(O)CC(C)CNC(=O)C(=O)Nc1cccc(-c2cccs2)c1. The van der Waals surface area contributed by atoms with Gasteiger partial charge in [-0.25, -0.2) is 0 Å². The van der Waals surface area contributed by atoms with E-state index in [1.165, 1.54) is 0 Å². The summed E-state index contributed by atoms with van der Waals surface area (Å²) in [6, 6.07) is 11.4. The molecule has 1 aromatic carbocycles. The molecule has 0 saturated carbocycles. The van der Waals surface area contributed by atoms with E-state index >= 15 is 0 Å². The molecule has 0 aliphatic rings. The van der Waals surface area contributed by atoms with Gasteiger partial charge in [-0.2, -0.15) is 0 Å². The zero-order valence-corrected chi connectivity index (χ0v) is 14.6. The summed E-state index contributed by atoms with van der Waals surface area (Å²) in [5, 5.41) is 16.5. The number of rotatable bonds is 6. The largest absolute Gasteiger partial charge is 0.393 e. The van der Waals surface area contributed by atoms with Crippen LogP contribution in [0.15, 0.2) is 41.8 Å². The second-order valence-corrected chi connectivity index (χ2v) is 6.86. The minimum absolute atomic E-state index is 0.101. The topological polar surface area (TPSA) is 78.4 Å². The van der Waals surface area contributed by atoms with Crippen LogP contribution in [-0.4, -0.2) is 29.6 Å². The van der Waals surface area contributed by atoms with E-state index < -0.39 is 17.9 Å². The molecule has 3 N–H and O–H groups in total. The highest BCUT2D eigenvalue weighted by Crippen LogP contribution is 2.26. The third kappa shape index (κ3) is 5.47. The molecular weight excluding hydrogens is 324 g/mol. The molecule has 1 aromatic heterocycles. The third-order valence-corrected chi connectivity index (χ3v) is 4.41. The monoisotopic (exact) mass is 346 g/mol. The van der Waals surface area contributed by atoms with Gasteiger partial charge in [-0.3, -0.25) is 9.59 Å². The summed E-state index contributed by atoms with van der Waals surface area (Å²) < 4.78 is 0. The fraction of sp³-hybridized carbons (Fsp3) is 0.333. The number of anilines is 1. The molecule has 5 nitrogen and oxygen atoms in total. The Morgan fingerprint density at radius 1 is 1.17 bits per heavy atom. The van der Waals surface area contributed by atoms with Crippen molar-refractivity contribution < 1.29 is 14.7 Å². The molecule has 0 spiro atoms. The average molecular weight is 346 g/mol. The fourth-order valence-electron chi connectivity index (χ4n) is 2.39. The van der Waals surface area contributed by atoms with Crippen LogP contribution in [0.25, 0.3) is 10.4 Å². The fourth-order valence-corrected chi connectivity index (χ4v) is 3.12. The van der Waals surface area contributed by atoms with Crippen molar-refractivity contribution in [1.29, 1.82) is 0 Å². The Morgan fingerprint density at radius 3 is 2.62 bits per heavy atom. The van der Waals surface area contributed by atoms with E-state index in [0.29, 0.717) is 18.7 Å². The highest BCUT2D eigenvalue weighted by Gasteiger charge is 2.15. The molecule has 128 valence electrons. The van der Waals surface area contributed by atoms with Crippen molar-refractivity contribution >= 4 is 28.8 Å². The molecule has 0 saturated heterocycles. The maximum Gasteiger partial charge on any atom is 0.313 e. The molecule has 2 atom stereocenters. The normalized spacial score (nSPS) is 13.1. The summed E-state index contributed by atoms with van der Waals surface area (Å²) in [5.74, 6) is -1.26. The summed E-state index contributed by atoms with van der Waals surface area (Å²) >= 11 is 1.61. The number of nitrogens with one attached hydrogen (secondary N) is 2. The van der Waals surface area contributed by atoms with Crippen LogP contribution in [0.3, 0.4) is 0 Å². The Morgan fingerprint density at radius 2 is 1.96 bits per heavy atom.